The molecule has 0 atom stereocenters. The van der Waals surface area contributed by atoms with E-state index < -0.39 is 0 Å². The molecule has 38 heavy (non-hydrogen) atoms. The monoisotopic (exact) mass is 528 g/mol. The van der Waals surface area contributed by atoms with E-state index in [1.54, 1.807) is 18.5 Å². The number of nitrogens with zero attached hydrogens (tertiary/aromatic N) is 7. The van der Waals surface area contributed by atoms with E-state index in [1.807, 2.05) is 0 Å². The summed E-state index contributed by atoms with van der Waals surface area (Å²) in [6.07, 6.45) is 6.99. The highest BCUT2D eigenvalue weighted by Crippen LogP contribution is 2.25. The Morgan fingerprint density at radius 1 is 1.05 bits per heavy atom. The minimum Gasteiger partial charge on any atom is -0.489 e. The molecule has 0 radical (unpaired) electrons. The number of piperazine rings is 1. The van der Waals surface area contributed by atoms with Crippen LogP contribution in [0.15, 0.2) is 18.5 Å². The van der Waals surface area contributed by atoms with Crippen LogP contribution in [0, 0.1) is 5.41 Å². The van der Waals surface area contributed by atoms with Gasteiger partial charge in [-0.05, 0) is 32.7 Å². The van der Waals surface area contributed by atoms with E-state index in [4.69, 9.17) is 25.5 Å². The zero-order chi connectivity index (χ0) is 26.3. The molecule has 2 aliphatic heterocycles. The van der Waals surface area contributed by atoms with Crippen LogP contribution in [0.3, 0.4) is 0 Å². The summed E-state index contributed by atoms with van der Waals surface area (Å²) >= 11 is 0. The van der Waals surface area contributed by atoms with Crippen molar-refractivity contribution in [1.29, 1.82) is 5.41 Å². The summed E-state index contributed by atoms with van der Waals surface area (Å²) in [6, 6.07) is 2.22. The van der Waals surface area contributed by atoms with Crippen molar-refractivity contribution >= 4 is 11.8 Å². The maximum Gasteiger partial charge on any atom is 0.319 e. The molecule has 1 aliphatic carbocycles. The molecule has 0 amide bonds. The summed E-state index contributed by atoms with van der Waals surface area (Å²) in [7, 11) is 2.16. The predicted molar refractivity (Wildman–Crippen MR) is 143 cm³/mol. The van der Waals surface area contributed by atoms with Crippen LogP contribution in [0.2, 0.25) is 0 Å². The first-order valence-corrected chi connectivity index (χ1v) is 13.6. The van der Waals surface area contributed by atoms with Crippen LogP contribution >= 0.6 is 0 Å². The molecular formula is C25H40N10O3. The molecule has 1 saturated carbocycles. The number of nitrogen functional groups attached to an aromatic ring is 1. The average Bonchev–Trinajstić information content (AvgIpc) is 2.95. The molecule has 0 spiro atoms. The van der Waals surface area contributed by atoms with E-state index in [0.29, 0.717) is 37.3 Å². The second kappa shape index (κ2) is 12.6. The molecule has 4 heterocycles. The lowest BCUT2D eigenvalue weighted by Crippen LogP contribution is -2.45. The Morgan fingerprint density at radius 2 is 1.76 bits per heavy atom. The molecule has 3 fully saturated rings. The van der Waals surface area contributed by atoms with Gasteiger partial charge >= 0.3 is 6.01 Å². The number of ether oxygens (including phenoxy) is 3. The first kappa shape index (κ1) is 26.4. The third-order valence-corrected chi connectivity index (χ3v) is 7.46. The van der Waals surface area contributed by atoms with Crippen LogP contribution in [0.25, 0.3) is 0 Å². The van der Waals surface area contributed by atoms with Crippen molar-refractivity contribution < 1.29 is 14.2 Å². The van der Waals surface area contributed by atoms with Gasteiger partial charge in [-0.2, -0.15) is 9.66 Å². The van der Waals surface area contributed by atoms with Gasteiger partial charge in [0.25, 0.3) is 0 Å². The van der Waals surface area contributed by atoms with Crippen LogP contribution in [-0.2, 0) is 4.74 Å². The molecule has 2 aromatic rings. The smallest absolute Gasteiger partial charge is 0.319 e. The molecule has 208 valence electrons. The van der Waals surface area contributed by atoms with Gasteiger partial charge in [0, 0.05) is 57.9 Å². The molecule has 13 heteroatoms. The largest absolute Gasteiger partial charge is 0.489 e. The first-order chi connectivity index (χ1) is 18.5. The maximum atomic E-state index is 8.22. The average molecular weight is 529 g/mol. The fourth-order valence-electron chi connectivity index (χ4n) is 5.00. The number of morpholine rings is 1. The van der Waals surface area contributed by atoms with E-state index in [-0.39, 0.29) is 23.6 Å². The van der Waals surface area contributed by atoms with E-state index >= 15 is 0 Å². The van der Waals surface area contributed by atoms with Gasteiger partial charge < -0.3 is 35.2 Å². The Balaban J connectivity index is 1.06. The van der Waals surface area contributed by atoms with Crippen molar-refractivity contribution in [2.24, 2.45) is 0 Å². The number of hydrogen-bond acceptors (Lipinski definition) is 12. The highest BCUT2D eigenvalue weighted by molar-refractivity contribution is 5.39. The minimum absolute atomic E-state index is 0.00770. The molecule has 4 N–H and O–H groups in total. The number of aromatic nitrogens is 4. The lowest BCUT2D eigenvalue weighted by molar-refractivity contribution is 0.120. The van der Waals surface area contributed by atoms with Crippen LogP contribution in [0.1, 0.15) is 25.7 Å². The molecule has 0 aromatic carbocycles. The lowest BCUT2D eigenvalue weighted by Gasteiger charge is -2.32. The zero-order valence-electron chi connectivity index (χ0n) is 22.2. The minimum atomic E-state index is -0.00770. The molecular weight excluding hydrogens is 488 g/mol. The number of anilines is 2. The van der Waals surface area contributed by atoms with Gasteiger partial charge in [0.2, 0.25) is 5.95 Å². The summed E-state index contributed by atoms with van der Waals surface area (Å²) in [5.41, 5.74) is 0.163. The van der Waals surface area contributed by atoms with Gasteiger partial charge in [0.1, 0.15) is 18.5 Å². The maximum absolute atomic E-state index is 8.22. The summed E-state index contributed by atoms with van der Waals surface area (Å²) in [5, 5.41) is 11.7. The van der Waals surface area contributed by atoms with E-state index in [0.717, 1.165) is 71.5 Å². The van der Waals surface area contributed by atoms with Gasteiger partial charge in [-0.25, -0.2) is 9.97 Å². The van der Waals surface area contributed by atoms with Gasteiger partial charge in [-0.3, -0.25) is 10.3 Å². The van der Waals surface area contributed by atoms with Gasteiger partial charge in [-0.15, -0.1) is 0 Å². The topological polar surface area (TPSA) is 143 Å². The summed E-state index contributed by atoms with van der Waals surface area (Å²) < 4.78 is 18.6. The fourth-order valence-corrected chi connectivity index (χ4v) is 5.00. The van der Waals surface area contributed by atoms with Gasteiger partial charge in [0.05, 0.1) is 25.6 Å². The summed E-state index contributed by atoms with van der Waals surface area (Å²) in [4.78, 5) is 20.4. The number of rotatable bonds is 9. The lowest BCUT2D eigenvalue weighted by atomic mass is 9.93. The second-order valence-corrected chi connectivity index (χ2v) is 10.2. The van der Waals surface area contributed by atoms with Gasteiger partial charge in [-0.1, -0.05) is 0 Å². The Kier molecular flexibility index (Phi) is 8.76. The number of hydrogen-bond donors (Lipinski definition) is 3. The molecule has 2 saturated heterocycles. The number of nitrogens with one attached hydrogen (secondary N) is 2. The van der Waals surface area contributed by atoms with Crippen molar-refractivity contribution in [2.75, 3.05) is 88.7 Å². The standard InChI is InChI=1S/C25H40N10O3/c1-32-6-8-33(9-7-32)10-15-37-21-17-28-24(29-18-21)30-19-2-4-20(5-3-19)38-25-31-23(16-22(26)35(25)27)34-11-13-36-14-12-34/h16-20,26H,2-15,27H2,1H3,(H,28,29,30). The highest BCUT2D eigenvalue weighted by atomic mass is 16.5. The normalized spacial score (nSPS) is 23.2. The first-order valence-electron chi connectivity index (χ1n) is 13.6. The molecule has 0 bridgehead atoms. The van der Waals surface area contributed by atoms with Crippen molar-refractivity contribution in [3.05, 3.63) is 23.9 Å². The van der Waals surface area contributed by atoms with Crippen LogP contribution in [0.4, 0.5) is 11.8 Å². The molecule has 13 nitrogen and oxygen atoms in total. The SMILES string of the molecule is CN1CCN(CCOc2cnc(NC3CCC(Oc4nc(N5CCOCC5)cc(=N)n4N)CC3)nc2)CC1. The molecule has 2 aromatic heterocycles. The number of nitrogens with two attached hydrogens (primary N) is 1. The fraction of sp³-hybridized carbons (Fsp3) is 0.680. The van der Waals surface area contributed by atoms with E-state index in [9.17, 15) is 0 Å². The Labute approximate surface area is 223 Å². The molecule has 3 aliphatic rings. The zero-order valence-corrected chi connectivity index (χ0v) is 22.2. The third-order valence-electron chi connectivity index (χ3n) is 7.46. The van der Waals surface area contributed by atoms with Crippen LogP contribution < -0.4 is 31.0 Å². The predicted octanol–water partition coefficient (Wildman–Crippen LogP) is 0.131. The Bertz CT molecular complexity index is 1080. The second-order valence-electron chi connectivity index (χ2n) is 10.2. The van der Waals surface area contributed by atoms with Crippen LogP contribution in [0.5, 0.6) is 11.8 Å². The Hall–Kier alpha value is -3.16. The molecule has 5 rings (SSSR count). The van der Waals surface area contributed by atoms with E-state index in [1.165, 1.54) is 4.68 Å². The van der Waals surface area contributed by atoms with Crippen molar-refractivity contribution in [1.82, 2.24) is 29.4 Å². The van der Waals surface area contributed by atoms with Crippen LogP contribution in [-0.4, -0.2) is 114 Å². The van der Waals surface area contributed by atoms with E-state index in [2.05, 4.69) is 42.0 Å². The Morgan fingerprint density at radius 3 is 2.47 bits per heavy atom. The van der Waals surface area contributed by atoms with Crippen molar-refractivity contribution in [3.8, 4) is 11.8 Å². The summed E-state index contributed by atoms with van der Waals surface area (Å²) in [6.45, 7) is 8.71. The summed E-state index contributed by atoms with van der Waals surface area (Å²) in [5.74, 6) is 8.07. The highest BCUT2D eigenvalue weighted by Gasteiger charge is 2.25. The quantitative estimate of drug-likeness (QED) is 0.382. The van der Waals surface area contributed by atoms with Crippen molar-refractivity contribution in [2.45, 2.75) is 37.8 Å². The number of likely N-dealkylation sites (N-methyl/N-ethyl adjacent to an activating group) is 1. The van der Waals surface area contributed by atoms with Gasteiger partial charge in [0.15, 0.2) is 11.2 Å². The van der Waals surface area contributed by atoms with Crippen molar-refractivity contribution in [3.63, 3.8) is 0 Å². The third kappa shape index (κ3) is 7.03. The molecule has 0 unspecified atom stereocenters.